The van der Waals surface area contributed by atoms with Crippen molar-refractivity contribution in [3.8, 4) is 0 Å². The number of hydrogen-bond donors (Lipinski definition) is 8. The quantitative estimate of drug-likeness (QED) is 0.0259. The number of halogens is 5. The fourth-order valence-corrected chi connectivity index (χ4v) is 8.13. The molecule has 3 aromatic rings. The first kappa shape index (κ1) is 45.4. The van der Waals surface area contributed by atoms with Gasteiger partial charge in [-0.05, 0) is 24.3 Å². The number of aliphatic imine (C=N–C) groups is 2. The van der Waals surface area contributed by atoms with E-state index in [1.165, 1.54) is 36.9 Å². The van der Waals surface area contributed by atoms with Crippen LogP contribution in [0.3, 0.4) is 0 Å². The highest BCUT2D eigenvalue weighted by Gasteiger charge is 2.35. The van der Waals surface area contributed by atoms with Gasteiger partial charge in [-0.2, -0.15) is 13.2 Å². The van der Waals surface area contributed by atoms with Gasteiger partial charge >= 0.3 is 6.18 Å². The Bertz CT molecular complexity index is 1860. The van der Waals surface area contributed by atoms with E-state index in [1.54, 1.807) is 0 Å². The van der Waals surface area contributed by atoms with E-state index in [-0.39, 0.29) is 87.7 Å². The second-order valence-electron chi connectivity index (χ2n) is 11.0. The summed E-state index contributed by atoms with van der Waals surface area (Å²) in [4.78, 5) is 43.3. The SMILES string of the molecule is CCC(F)(F)c1cc(NC(=O)c2cc(C(=O)Nc3cc(C(F)(F)F)c(SCCN=C(N)N)cc3SCCN)ncn2)c(SCCN)cc1SCCN=C(N)N. The van der Waals surface area contributed by atoms with Gasteiger partial charge in [0.2, 0.25) is 0 Å². The Kier molecular flexibility index (Phi) is 17.6. The van der Waals surface area contributed by atoms with Crippen LogP contribution in [-0.4, -0.2) is 82.9 Å². The van der Waals surface area contributed by atoms with Crippen LogP contribution in [0.4, 0.5) is 33.3 Å². The van der Waals surface area contributed by atoms with Crippen molar-refractivity contribution in [2.24, 2.45) is 44.4 Å². The molecule has 0 saturated heterocycles. The topological polar surface area (TPSA) is 265 Å². The molecule has 2 aromatic carbocycles. The molecule has 1 heterocycles. The van der Waals surface area contributed by atoms with Crippen LogP contribution in [-0.2, 0) is 12.1 Å². The van der Waals surface area contributed by atoms with Crippen molar-refractivity contribution < 1.29 is 31.5 Å². The molecule has 0 fully saturated rings. The first-order valence-corrected chi connectivity index (χ1v) is 20.2. The van der Waals surface area contributed by atoms with Crippen molar-refractivity contribution >= 4 is 82.2 Å². The molecule has 0 atom stereocenters. The molecule has 14 N–H and O–H groups in total. The monoisotopic (exact) mass is 848 g/mol. The van der Waals surface area contributed by atoms with E-state index in [0.29, 0.717) is 21.3 Å². The summed E-state index contributed by atoms with van der Waals surface area (Å²) in [7, 11) is 0. The first-order valence-electron chi connectivity index (χ1n) is 16.3. The van der Waals surface area contributed by atoms with Gasteiger partial charge in [-0.1, -0.05) is 6.92 Å². The highest BCUT2D eigenvalue weighted by molar-refractivity contribution is 8.00. The fraction of sp³-hybridized carbons (Fsp3) is 0.375. The number of amides is 2. The van der Waals surface area contributed by atoms with Crippen LogP contribution >= 0.6 is 47.0 Å². The second-order valence-corrected chi connectivity index (χ2v) is 15.6. The summed E-state index contributed by atoms with van der Waals surface area (Å²) in [5, 5.41) is 5.06. The average molecular weight is 849 g/mol. The van der Waals surface area contributed by atoms with E-state index < -0.39 is 35.9 Å². The van der Waals surface area contributed by atoms with E-state index >= 15 is 8.78 Å². The van der Waals surface area contributed by atoms with Crippen LogP contribution < -0.4 is 45.0 Å². The van der Waals surface area contributed by atoms with Crippen LogP contribution in [0.1, 0.15) is 45.4 Å². The standard InChI is InChI=1S/C32H41F5N12O2S4/c1-2-31(33,34)17-11-19(25(52-7-3-38)14-23(17)54-9-5-44-29(40)41)48-27(50)21-13-22(47-16-46-21)28(51)49-20-12-18(32(35,36)37)24(15-26(20)53-8-4-39)55-10-6-45-30(42)43/h11-16H,2-10,38-39H2,1H3,(H,48,50)(H,49,51)(H4,40,41,44)(H4,42,43,45). The summed E-state index contributed by atoms with van der Waals surface area (Å²) >= 11 is 4.35. The Morgan fingerprint density at radius 1 is 0.655 bits per heavy atom. The van der Waals surface area contributed by atoms with Gasteiger partial charge in [0.15, 0.2) is 11.9 Å². The molecule has 2 amide bonds. The molecular weight excluding hydrogens is 808 g/mol. The molecule has 0 unspecified atom stereocenters. The largest absolute Gasteiger partial charge is 0.417 e. The molecule has 0 aliphatic carbocycles. The minimum Gasteiger partial charge on any atom is -0.370 e. The van der Waals surface area contributed by atoms with Crippen LogP contribution in [0.2, 0.25) is 0 Å². The minimum atomic E-state index is -4.79. The molecule has 0 aliphatic rings. The molecule has 55 heavy (non-hydrogen) atoms. The molecule has 3 rings (SSSR count). The molecule has 14 nitrogen and oxygen atoms in total. The number of nitrogens with two attached hydrogens (primary N) is 6. The van der Waals surface area contributed by atoms with E-state index in [0.717, 1.165) is 53.7 Å². The highest BCUT2D eigenvalue weighted by atomic mass is 32.2. The van der Waals surface area contributed by atoms with Gasteiger partial charge in [0.1, 0.15) is 17.7 Å². The lowest BCUT2D eigenvalue weighted by atomic mass is 10.1. The smallest absolute Gasteiger partial charge is 0.370 e. The predicted octanol–water partition coefficient (Wildman–Crippen LogP) is 4.33. The number of aromatic nitrogens is 2. The van der Waals surface area contributed by atoms with Crippen molar-refractivity contribution in [3.63, 3.8) is 0 Å². The van der Waals surface area contributed by atoms with Crippen LogP contribution in [0.15, 0.2) is 66.2 Å². The number of carbonyl (C=O) groups is 2. The molecule has 1 aromatic heterocycles. The van der Waals surface area contributed by atoms with E-state index in [2.05, 4.69) is 30.6 Å². The van der Waals surface area contributed by atoms with Crippen LogP contribution in [0, 0.1) is 0 Å². The number of alkyl halides is 5. The van der Waals surface area contributed by atoms with Crippen molar-refractivity contribution in [1.29, 1.82) is 0 Å². The summed E-state index contributed by atoms with van der Waals surface area (Å²) < 4.78 is 73.1. The zero-order valence-corrected chi connectivity index (χ0v) is 32.7. The number of benzene rings is 2. The molecule has 0 bridgehead atoms. The third kappa shape index (κ3) is 13.9. The number of thioether (sulfide) groups is 4. The van der Waals surface area contributed by atoms with E-state index in [1.807, 2.05) is 0 Å². The van der Waals surface area contributed by atoms with Gasteiger partial charge in [-0.25, -0.2) is 18.7 Å². The fourth-order valence-electron chi connectivity index (χ4n) is 4.47. The van der Waals surface area contributed by atoms with Crippen molar-refractivity contribution in [2.45, 2.75) is 45.0 Å². The number of nitrogens with one attached hydrogen (secondary N) is 2. The van der Waals surface area contributed by atoms with Gasteiger partial charge in [-0.15, -0.1) is 47.0 Å². The molecule has 0 spiro atoms. The van der Waals surface area contributed by atoms with E-state index in [4.69, 9.17) is 34.4 Å². The maximum absolute atomic E-state index is 15.3. The molecule has 23 heteroatoms. The number of hydrogen-bond acceptors (Lipinski definition) is 12. The Balaban J connectivity index is 1.96. The molecular formula is C32H41F5N12O2S4. The molecule has 0 saturated carbocycles. The third-order valence-electron chi connectivity index (χ3n) is 6.97. The zero-order chi connectivity index (χ0) is 40.8. The Labute approximate surface area is 330 Å². The minimum absolute atomic E-state index is 0.0438. The van der Waals surface area contributed by atoms with Crippen molar-refractivity contribution in [1.82, 2.24) is 9.97 Å². The zero-order valence-electron chi connectivity index (χ0n) is 29.4. The number of nitrogens with zero attached hydrogens (tertiary/aromatic N) is 4. The van der Waals surface area contributed by atoms with Gasteiger partial charge in [0, 0.05) is 73.7 Å². The van der Waals surface area contributed by atoms with Gasteiger partial charge in [0.05, 0.1) is 30.0 Å². The second kappa shape index (κ2) is 21.3. The summed E-state index contributed by atoms with van der Waals surface area (Å²) in [6.07, 6.45) is -4.40. The third-order valence-corrected chi connectivity index (χ3v) is 11.2. The Hall–Kier alpha value is -4.03. The predicted molar refractivity (Wildman–Crippen MR) is 212 cm³/mol. The van der Waals surface area contributed by atoms with Crippen molar-refractivity contribution in [3.05, 3.63) is 59.2 Å². The highest BCUT2D eigenvalue weighted by Crippen LogP contribution is 2.44. The van der Waals surface area contributed by atoms with E-state index in [9.17, 15) is 22.8 Å². The lowest BCUT2D eigenvalue weighted by Gasteiger charge is -2.22. The maximum atomic E-state index is 15.3. The summed E-state index contributed by atoms with van der Waals surface area (Å²) in [5.74, 6) is -4.28. The number of anilines is 2. The Morgan fingerprint density at radius 2 is 1.07 bits per heavy atom. The summed E-state index contributed by atoms with van der Waals surface area (Å²) in [6, 6.07) is 5.83. The van der Waals surface area contributed by atoms with Crippen LogP contribution in [0.5, 0.6) is 0 Å². The lowest BCUT2D eigenvalue weighted by Crippen LogP contribution is -2.23. The number of guanidine groups is 2. The molecule has 0 aliphatic heterocycles. The van der Waals surface area contributed by atoms with Gasteiger partial charge < -0.3 is 45.0 Å². The van der Waals surface area contributed by atoms with Crippen LogP contribution in [0.25, 0.3) is 0 Å². The van der Waals surface area contributed by atoms with Gasteiger partial charge in [-0.3, -0.25) is 19.6 Å². The number of carbonyl (C=O) groups excluding carboxylic acids is 2. The molecule has 0 radical (unpaired) electrons. The maximum Gasteiger partial charge on any atom is 0.417 e. The van der Waals surface area contributed by atoms with Gasteiger partial charge in [0.25, 0.3) is 17.7 Å². The Morgan fingerprint density at radius 3 is 1.47 bits per heavy atom. The normalized spacial score (nSPS) is 11.6. The average Bonchev–Trinajstić information content (AvgIpc) is 3.13. The number of rotatable bonds is 20. The first-order chi connectivity index (χ1) is 26.0. The summed E-state index contributed by atoms with van der Waals surface area (Å²) in [5.41, 5.74) is 30.6. The van der Waals surface area contributed by atoms with Crippen molar-refractivity contribution in [2.75, 3.05) is 59.8 Å². The lowest BCUT2D eigenvalue weighted by molar-refractivity contribution is -0.139. The summed E-state index contributed by atoms with van der Waals surface area (Å²) in [6.45, 7) is 2.03. The molecule has 300 valence electrons.